The van der Waals surface area contributed by atoms with Gasteiger partial charge in [0.05, 0.1) is 12.1 Å². The fraction of sp³-hybridized carbons (Fsp3) is 0.267. The van der Waals surface area contributed by atoms with Gasteiger partial charge < -0.3 is 15.4 Å². The zero-order valence-corrected chi connectivity index (χ0v) is 22.3. The van der Waals surface area contributed by atoms with Gasteiger partial charge in [-0.05, 0) is 54.3 Å². The highest BCUT2D eigenvalue weighted by Gasteiger charge is 2.30. The van der Waals surface area contributed by atoms with Gasteiger partial charge in [0.2, 0.25) is 5.91 Å². The highest BCUT2D eigenvalue weighted by Crippen LogP contribution is 2.38. The summed E-state index contributed by atoms with van der Waals surface area (Å²) in [5.74, 6) is 0.244. The van der Waals surface area contributed by atoms with Gasteiger partial charge in [-0.25, -0.2) is 0 Å². The molecule has 4 aromatic rings. The zero-order valence-electron chi connectivity index (χ0n) is 20.7. The van der Waals surface area contributed by atoms with E-state index < -0.39 is 5.91 Å². The van der Waals surface area contributed by atoms with Crippen molar-refractivity contribution >= 4 is 44.8 Å². The molecule has 2 amide bonds. The number of hydrogen-bond donors (Lipinski definition) is 1. The van der Waals surface area contributed by atoms with Gasteiger partial charge in [0.1, 0.15) is 10.6 Å². The van der Waals surface area contributed by atoms with Gasteiger partial charge in [0.15, 0.2) is 0 Å². The molecule has 0 saturated heterocycles. The summed E-state index contributed by atoms with van der Waals surface area (Å²) in [6.45, 7) is 0.421. The molecule has 0 atom stereocenters. The minimum Gasteiger partial charge on any atom is -0.496 e. The van der Waals surface area contributed by atoms with Crippen molar-refractivity contribution in [3.8, 4) is 16.9 Å². The third kappa shape index (κ3) is 5.22. The van der Waals surface area contributed by atoms with E-state index in [4.69, 9.17) is 22.1 Å². The van der Waals surface area contributed by atoms with E-state index in [0.717, 1.165) is 58.2 Å². The first-order valence-electron chi connectivity index (χ1n) is 12.5. The number of carbonyl (C=O) groups is 2. The monoisotopic (exact) mass is 532 g/mol. The molecule has 5 rings (SSSR count). The van der Waals surface area contributed by atoms with Crippen LogP contribution in [-0.4, -0.2) is 29.9 Å². The Hall–Kier alpha value is -3.35. The fourth-order valence-corrected chi connectivity index (χ4v) is 6.60. The van der Waals surface area contributed by atoms with Crippen LogP contribution in [0.15, 0.2) is 66.7 Å². The Morgan fingerprint density at radius 3 is 2.38 bits per heavy atom. The standard InChI is InChI=1S/C30H29ClN2O3S/c1-36-25-16-15-21(19-11-13-20(14-12-19)29(32)34)17-22(25)18-33(23-7-3-2-4-8-23)30(35)28-27(31)24-9-5-6-10-26(24)37-28/h5-6,9-17,23H,2-4,7-8,18H2,1H3,(H2,32,34). The zero-order chi connectivity index (χ0) is 25.9. The lowest BCUT2D eigenvalue weighted by Crippen LogP contribution is -2.40. The molecule has 0 radical (unpaired) electrons. The van der Waals surface area contributed by atoms with Gasteiger partial charge in [-0.15, -0.1) is 11.3 Å². The number of fused-ring (bicyclic) bond motifs is 1. The van der Waals surface area contributed by atoms with E-state index >= 15 is 0 Å². The summed E-state index contributed by atoms with van der Waals surface area (Å²) in [5.41, 5.74) is 8.72. The number of hydrogen-bond acceptors (Lipinski definition) is 4. The van der Waals surface area contributed by atoms with Crippen molar-refractivity contribution in [3.63, 3.8) is 0 Å². The number of rotatable bonds is 7. The number of methoxy groups -OCH3 is 1. The van der Waals surface area contributed by atoms with Gasteiger partial charge in [-0.1, -0.05) is 67.3 Å². The second-order valence-corrected chi connectivity index (χ2v) is 10.9. The highest BCUT2D eigenvalue weighted by atomic mass is 35.5. The lowest BCUT2D eigenvalue weighted by Gasteiger charge is -2.34. The lowest BCUT2D eigenvalue weighted by molar-refractivity contribution is 0.0617. The van der Waals surface area contributed by atoms with Crippen LogP contribution in [0.1, 0.15) is 57.7 Å². The van der Waals surface area contributed by atoms with Crippen molar-refractivity contribution < 1.29 is 14.3 Å². The van der Waals surface area contributed by atoms with Gasteiger partial charge in [0.25, 0.3) is 5.91 Å². The molecule has 0 unspecified atom stereocenters. The molecule has 2 N–H and O–H groups in total. The van der Waals surface area contributed by atoms with E-state index in [9.17, 15) is 9.59 Å². The predicted molar refractivity (Wildman–Crippen MR) is 151 cm³/mol. The Morgan fingerprint density at radius 2 is 1.70 bits per heavy atom. The van der Waals surface area contributed by atoms with Crippen molar-refractivity contribution in [2.75, 3.05) is 7.11 Å². The Bertz CT molecular complexity index is 1440. The second kappa shape index (κ2) is 11.0. The molecule has 1 aromatic heterocycles. The topological polar surface area (TPSA) is 72.6 Å². The van der Waals surface area contributed by atoms with Crippen LogP contribution < -0.4 is 10.5 Å². The molecule has 0 aliphatic heterocycles. The van der Waals surface area contributed by atoms with Crippen LogP contribution in [0.2, 0.25) is 5.02 Å². The van der Waals surface area contributed by atoms with Crippen molar-refractivity contribution in [3.05, 3.63) is 87.8 Å². The number of primary amides is 1. The average Bonchev–Trinajstić information content (AvgIpc) is 3.28. The summed E-state index contributed by atoms with van der Waals surface area (Å²) in [7, 11) is 1.65. The van der Waals surface area contributed by atoms with Crippen molar-refractivity contribution in [2.24, 2.45) is 5.73 Å². The van der Waals surface area contributed by atoms with E-state index in [-0.39, 0.29) is 11.9 Å². The van der Waals surface area contributed by atoms with E-state index in [1.54, 1.807) is 19.2 Å². The quantitative estimate of drug-likeness (QED) is 0.271. The maximum absolute atomic E-state index is 14.1. The van der Waals surface area contributed by atoms with Crippen LogP contribution in [0.3, 0.4) is 0 Å². The smallest absolute Gasteiger partial charge is 0.266 e. The molecule has 1 saturated carbocycles. The summed E-state index contributed by atoms with van der Waals surface area (Å²) < 4.78 is 6.72. The first-order valence-corrected chi connectivity index (χ1v) is 13.7. The number of carbonyl (C=O) groups excluding carboxylic acids is 2. The maximum Gasteiger partial charge on any atom is 0.266 e. The molecule has 37 heavy (non-hydrogen) atoms. The molecule has 7 heteroatoms. The minimum absolute atomic E-state index is 0.0311. The van der Waals surface area contributed by atoms with Gasteiger partial charge in [-0.2, -0.15) is 0 Å². The summed E-state index contributed by atoms with van der Waals surface area (Å²) >= 11 is 8.20. The molecule has 0 bridgehead atoms. The predicted octanol–water partition coefficient (Wildman–Crippen LogP) is 7.30. The highest BCUT2D eigenvalue weighted by molar-refractivity contribution is 7.21. The summed E-state index contributed by atoms with van der Waals surface area (Å²) in [4.78, 5) is 28.1. The summed E-state index contributed by atoms with van der Waals surface area (Å²) in [5, 5.41) is 1.45. The van der Waals surface area contributed by atoms with Gasteiger partial charge in [0, 0.05) is 33.8 Å². The molecule has 1 heterocycles. The SMILES string of the molecule is COc1ccc(-c2ccc(C(N)=O)cc2)cc1CN(C(=O)c1sc2ccccc2c1Cl)C1CCCCC1. The molecule has 3 aromatic carbocycles. The number of amides is 2. The van der Waals surface area contributed by atoms with Crippen LogP contribution in [0.25, 0.3) is 21.2 Å². The number of benzene rings is 3. The molecular formula is C30H29ClN2O3S. The lowest BCUT2D eigenvalue weighted by atomic mass is 9.93. The van der Waals surface area contributed by atoms with Crippen LogP contribution >= 0.6 is 22.9 Å². The molecule has 5 nitrogen and oxygen atoms in total. The normalized spacial score (nSPS) is 14.0. The molecule has 0 spiro atoms. The Kier molecular flexibility index (Phi) is 7.49. The number of ether oxygens (including phenoxy) is 1. The first-order chi connectivity index (χ1) is 18.0. The largest absolute Gasteiger partial charge is 0.496 e. The number of nitrogens with two attached hydrogens (primary N) is 1. The Balaban J connectivity index is 1.52. The van der Waals surface area contributed by atoms with E-state index in [0.29, 0.717) is 22.0 Å². The minimum atomic E-state index is -0.455. The maximum atomic E-state index is 14.1. The average molecular weight is 533 g/mol. The third-order valence-electron chi connectivity index (χ3n) is 7.13. The number of thiophene rings is 1. The van der Waals surface area contributed by atoms with E-state index in [2.05, 4.69) is 6.07 Å². The Morgan fingerprint density at radius 1 is 1.00 bits per heavy atom. The summed E-state index contributed by atoms with van der Waals surface area (Å²) in [6, 6.07) is 21.2. The van der Waals surface area contributed by atoms with Crippen LogP contribution in [0.4, 0.5) is 0 Å². The van der Waals surface area contributed by atoms with Crippen LogP contribution in [-0.2, 0) is 6.54 Å². The first kappa shape index (κ1) is 25.3. The number of nitrogens with zero attached hydrogens (tertiary/aromatic N) is 1. The molecule has 1 aliphatic carbocycles. The van der Waals surface area contributed by atoms with E-state index in [1.807, 2.05) is 53.4 Å². The van der Waals surface area contributed by atoms with E-state index in [1.165, 1.54) is 17.8 Å². The van der Waals surface area contributed by atoms with Gasteiger partial charge >= 0.3 is 0 Å². The summed E-state index contributed by atoms with van der Waals surface area (Å²) in [6.07, 6.45) is 5.37. The molecular weight excluding hydrogens is 504 g/mol. The van der Waals surface area contributed by atoms with Crippen LogP contribution in [0, 0.1) is 0 Å². The van der Waals surface area contributed by atoms with Crippen molar-refractivity contribution in [1.82, 2.24) is 4.90 Å². The van der Waals surface area contributed by atoms with Crippen molar-refractivity contribution in [2.45, 2.75) is 44.7 Å². The van der Waals surface area contributed by atoms with Crippen LogP contribution in [0.5, 0.6) is 5.75 Å². The Labute approximate surface area is 225 Å². The molecule has 1 fully saturated rings. The van der Waals surface area contributed by atoms with Crippen molar-refractivity contribution in [1.29, 1.82) is 0 Å². The fourth-order valence-electron chi connectivity index (χ4n) is 5.13. The molecule has 1 aliphatic rings. The molecule has 190 valence electrons. The number of halogens is 1. The second-order valence-electron chi connectivity index (χ2n) is 9.43. The van der Waals surface area contributed by atoms with Gasteiger partial charge in [-0.3, -0.25) is 9.59 Å². The third-order valence-corrected chi connectivity index (χ3v) is 8.79.